The van der Waals surface area contributed by atoms with Gasteiger partial charge >= 0.3 is 0 Å². The molecule has 2 aromatic carbocycles. The first kappa shape index (κ1) is 23.5. The Balaban J connectivity index is 1.14. The van der Waals surface area contributed by atoms with E-state index in [1.165, 1.54) is 16.9 Å². The molecule has 8 heteroatoms. The number of benzene rings is 2. The summed E-state index contributed by atoms with van der Waals surface area (Å²) >= 11 is 7.82. The van der Waals surface area contributed by atoms with Crippen LogP contribution in [-0.2, 0) is 6.54 Å². The van der Waals surface area contributed by atoms with E-state index in [4.69, 9.17) is 16.3 Å². The SMILES string of the molecule is Cc1nc(C(=O)NCCCOc2ccc(CN3CCN(c4ccccc4Cl)CC3)cc2)cs1. The average molecular weight is 485 g/mol. The molecule has 0 bridgehead atoms. The highest BCUT2D eigenvalue weighted by Crippen LogP contribution is 2.26. The highest BCUT2D eigenvalue weighted by atomic mass is 35.5. The minimum absolute atomic E-state index is 0.128. The third-order valence-electron chi connectivity index (χ3n) is 5.62. The summed E-state index contributed by atoms with van der Waals surface area (Å²) in [6, 6.07) is 16.3. The highest BCUT2D eigenvalue weighted by Gasteiger charge is 2.18. The molecule has 1 aromatic heterocycles. The van der Waals surface area contributed by atoms with Crippen LogP contribution in [0.3, 0.4) is 0 Å². The highest BCUT2D eigenvalue weighted by molar-refractivity contribution is 7.09. The van der Waals surface area contributed by atoms with E-state index in [2.05, 4.69) is 38.3 Å². The van der Waals surface area contributed by atoms with Gasteiger partial charge in [-0.05, 0) is 43.2 Å². The molecule has 0 spiro atoms. The Morgan fingerprint density at radius 3 is 2.58 bits per heavy atom. The van der Waals surface area contributed by atoms with Crippen LogP contribution >= 0.6 is 22.9 Å². The molecular weight excluding hydrogens is 456 g/mol. The van der Waals surface area contributed by atoms with Crippen molar-refractivity contribution >= 4 is 34.5 Å². The summed E-state index contributed by atoms with van der Waals surface area (Å²) in [4.78, 5) is 21.0. The predicted octanol–water partition coefficient (Wildman–Crippen LogP) is 4.63. The van der Waals surface area contributed by atoms with Crippen LogP contribution in [-0.4, -0.2) is 55.1 Å². The summed E-state index contributed by atoms with van der Waals surface area (Å²) < 4.78 is 5.82. The van der Waals surface area contributed by atoms with Gasteiger partial charge in [-0.2, -0.15) is 0 Å². The van der Waals surface area contributed by atoms with E-state index in [9.17, 15) is 4.79 Å². The number of anilines is 1. The minimum Gasteiger partial charge on any atom is -0.494 e. The number of hydrogen-bond donors (Lipinski definition) is 1. The van der Waals surface area contributed by atoms with Crippen molar-refractivity contribution in [1.82, 2.24) is 15.2 Å². The normalized spacial score (nSPS) is 14.3. The molecule has 1 aliphatic heterocycles. The Hall–Kier alpha value is -2.61. The second kappa shape index (κ2) is 11.5. The number of nitrogens with zero attached hydrogens (tertiary/aromatic N) is 3. The van der Waals surface area contributed by atoms with E-state index in [0.29, 0.717) is 18.8 Å². The van der Waals surface area contributed by atoms with E-state index in [1.54, 1.807) is 5.38 Å². The largest absolute Gasteiger partial charge is 0.494 e. The molecule has 1 saturated heterocycles. The summed E-state index contributed by atoms with van der Waals surface area (Å²) in [5.41, 5.74) is 2.89. The molecule has 1 fully saturated rings. The Morgan fingerprint density at radius 1 is 1.12 bits per heavy atom. The number of nitrogens with one attached hydrogen (secondary N) is 1. The van der Waals surface area contributed by atoms with Crippen LogP contribution in [0.2, 0.25) is 5.02 Å². The quantitative estimate of drug-likeness (QED) is 0.449. The number of amides is 1. The monoisotopic (exact) mass is 484 g/mol. The molecule has 174 valence electrons. The maximum atomic E-state index is 12.0. The van der Waals surface area contributed by atoms with Crippen LogP contribution in [0.25, 0.3) is 0 Å². The molecule has 33 heavy (non-hydrogen) atoms. The topological polar surface area (TPSA) is 57.7 Å². The molecule has 1 N–H and O–H groups in total. The lowest BCUT2D eigenvalue weighted by atomic mass is 10.2. The molecule has 0 radical (unpaired) electrons. The molecule has 0 unspecified atom stereocenters. The third-order valence-corrected chi connectivity index (χ3v) is 6.72. The van der Waals surface area contributed by atoms with Gasteiger partial charge in [0, 0.05) is 44.6 Å². The number of aromatic nitrogens is 1. The summed E-state index contributed by atoms with van der Waals surface area (Å²) in [6.07, 6.45) is 0.742. The number of rotatable bonds is 9. The molecular formula is C25H29ClN4O2S. The summed E-state index contributed by atoms with van der Waals surface area (Å²) in [7, 11) is 0. The maximum absolute atomic E-state index is 12.0. The van der Waals surface area contributed by atoms with Crippen molar-refractivity contribution in [2.45, 2.75) is 19.9 Å². The number of hydrogen-bond acceptors (Lipinski definition) is 6. The molecule has 1 aliphatic rings. The fourth-order valence-electron chi connectivity index (χ4n) is 3.83. The average Bonchev–Trinajstić information content (AvgIpc) is 3.27. The molecule has 0 atom stereocenters. The smallest absolute Gasteiger partial charge is 0.270 e. The number of thiazole rings is 1. The van der Waals surface area contributed by atoms with Gasteiger partial charge in [-0.1, -0.05) is 35.9 Å². The zero-order chi connectivity index (χ0) is 23.0. The van der Waals surface area contributed by atoms with Crippen molar-refractivity contribution in [1.29, 1.82) is 0 Å². The fraction of sp³-hybridized carbons (Fsp3) is 0.360. The number of piperazine rings is 1. The van der Waals surface area contributed by atoms with Gasteiger partial charge in [-0.25, -0.2) is 4.98 Å². The molecule has 2 heterocycles. The number of carbonyl (C=O) groups excluding carboxylic acids is 1. The van der Waals surface area contributed by atoms with Crippen LogP contribution in [0.1, 0.15) is 27.5 Å². The van der Waals surface area contributed by atoms with Crippen molar-refractivity contribution in [2.24, 2.45) is 0 Å². The summed E-state index contributed by atoms with van der Waals surface area (Å²) in [5, 5.41) is 6.37. The number of aryl methyl sites for hydroxylation is 1. The second-order valence-corrected chi connectivity index (χ2v) is 9.54. The number of carbonyl (C=O) groups is 1. The lowest BCUT2D eigenvalue weighted by Crippen LogP contribution is -2.46. The van der Waals surface area contributed by atoms with E-state index < -0.39 is 0 Å². The molecule has 4 rings (SSSR count). The van der Waals surface area contributed by atoms with Crippen LogP contribution in [0.15, 0.2) is 53.9 Å². The van der Waals surface area contributed by atoms with E-state index in [0.717, 1.165) is 60.6 Å². The van der Waals surface area contributed by atoms with E-state index in [1.807, 2.05) is 37.3 Å². The molecule has 6 nitrogen and oxygen atoms in total. The molecule has 3 aromatic rings. The van der Waals surface area contributed by atoms with Crippen LogP contribution in [0.4, 0.5) is 5.69 Å². The van der Waals surface area contributed by atoms with E-state index >= 15 is 0 Å². The number of ether oxygens (including phenoxy) is 1. The molecule has 1 amide bonds. The first-order valence-corrected chi connectivity index (χ1v) is 12.5. The standard InChI is InChI=1S/C25H29ClN4O2S/c1-19-28-23(18-33-19)25(31)27-11-4-16-32-21-9-7-20(8-10-21)17-29-12-14-30(15-13-29)24-6-3-2-5-22(24)26/h2-3,5-10,18H,4,11-17H2,1H3,(H,27,31). The van der Waals surface area contributed by atoms with Crippen LogP contribution in [0.5, 0.6) is 5.75 Å². The first-order chi connectivity index (χ1) is 16.1. The molecule has 0 aliphatic carbocycles. The van der Waals surface area contributed by atoms with Crippen molar-refractivity contribution in [3.8, 4) is 5.75 Å². The van der Waals surface area contributed by atoms with Gasteiger partial charge in [0.15, 0.2) is 0 Å². The Morgan fingerprint density at radius 2 is 1.88 bits per heavy atom. The van der Waals surface area contributed by atoms with Crippen LogP contribution in [0, 0.1) is 6.92 Å². The van der Waals surface area contributed by atoms with Gasteiger partial charge < -0.3 is 15.0 Å². The summed E-state index contributed by atoms with van der Waals surface area (Å²) in [5.74, 6) is 0.722. The fourth-order valence-corrected chi connectivity index (χ4v) is 4.67. The van der Waals surface area contributed by atoms with Crippen molar-refractivity contribution < 1.29 is 9.53 Å². The van der Waals surface area contributed by atoms with Gasteiger partial charge in [0.2, 0.25) is 0 Å². The Labute approximate surface area is 204 Å². The van der Waals surface area contributed by atoms with Gasteiger partial charge in [-0.3, -0.25) is 9.69 Å². The Kier molecular flexibility index (Phi) is 8.20. The second-order valence-electron chi connectivity index (χ2n) is 8.07. The maximum Gasteiger partial charge on any atom is 0.270 e. The lowest BCUT2D eigenvalue weighted by Gasteiger charge is -2.36. The molecule has 0 saturated carbocycles. The van der Waals surface area contributed by atoms with Crippen molar-refractivity contribution in [2.75, 3.05) is 44.2 Å². The Bertz CT molecular complexity index is 1050. The summed E-state index contributed by atoms with van der Waals surface area (Å²) in [6.45, 7) is 7.91. The zero-order valence-electron chi connectivity index (χ0n) is 18.8. The van der Waals surface area contributed by atoms with Gasteiger partial charge in [0.1, 0.15) is 11.4 Å². The minimum atomic E-state index is -0.128. The number of halogens is 1. The lowest BCUT2D eigenvalue weighted by molar-refractivity contribution is 0.0947. The van der Waals surface area contributed by atoms with Gasteiger partial charge in [-0.15, -0.1) is 11.3 Å². The predicted molar refractivity (Wildman–Crippen MR) is 135 cm³/mol. The van der Waals surface area contributed by atoms with Crippen LogP contribution < -0.4 is 15.0 Å². The number of para-hydroxylation sites is 1. The van der Waals surface area contributed by atoms with Crippen molar-refractivity contribution in [3.63, 3.8) is 0 Å². The zero-order valence-corrected chi connectivity index (χ0v) is 20.4. The van der Waals surface area contributed by atoms with Gasteiger partial charge in [0.25, 0.3) is 5.91 Å². The third kappa shape index (κ3) is 6.69. The first-order valence-electron chi connectivity index (χ1n) is 11.2. The van der Waals surface area contributed by atoms with E-state index in [-0.39, 0.29) is 5.91 Å². The van der Waals surface area contributed by atoms with Crippen molar-refractivity contribution in [3.05, 3.63) is 75.2 Å². The van der Waals surface area contributed by atoms with Gasteiger partial charge in [0.05, 0.1) is 22.3 Å².